The molecule has 0 bridgehead atoms. The second kappa shape index (κ2) is 3.54. The molecule has 1 rings (SSSR count). The molecule has 1 fully saturated rings. The first-order chi connectivity index (χ1) is 7.82. The molecule has 0 saturated heterocycles. The molecule has 7 heteroatoms. The summed E-state index contributed by atoms with van der Waals surface area (Å²) in [4.78, 5) is 10.4. The van der Waals surface area contributed by atoms with Crippen LogP contribution in [0.4, 0.5) is 0 Å². The van der Waals surface area contributed by atoms with Crippen LogP contribution in [-0.4, -0.2) is 16.2 Å². The number of hydrogen-bond donors (Lipinski definition) is 1. The van der Waals surface area contributed by atoms with Gasteiger partial charge in [-0.1, -0.05) is 6.92 Å². The lowest BCUT2D eigenvalue weighted by Gasteiger charge is -2.23. The number of nitrogens with zero attached hydrogens (tertiary/aromatic N) is 4. The molecule has 0 spiro atoms. The Kier molecular flexibility index (Phi) is 2.62. The summed E-state index contributed by atoms with van der Waals surface area (Å²) in [5.41, 5.74) is -4.14. The van der Waals surface area contributed by atoms with Crippen LogP contribution in [0.1, 0.15) is 13.8 Å². The van der Waals surface area contributed by atoms with Crippen LogP contribution in [0.15, 0.2) is 0 Å². The van der Waals surface area contributed by atoms with Crippen LogP contribution >= 0.6 is 0 Å². The zero-order valence-electron chi connectivity index (χ0n) is 9.26. The molecule has 1 unspecified atom stereocenters. The first kappa shape index (κ1) is 12.6. The smallest absolute Gasteiger partial charge is 0.262 e. The van der Waals surface area contributed by atoms with Crippen molar-refractivity contribution < 1.29 is 4.92 Å². The van der Waals surface area contributed by atoms with Crippen molar-refractivity contribution >= 4 is 5.71 Å². The third-order valence-electron chi connectivity index (χ3n) is 3.69. The van der Waals surface area contributed by atoms with Crippen LogP contribution in [0.25, 0.3) is 0 Å². The summed E-state index contributed by atoms with van der Waals surface area (Å²) < 4.78 is 0. The first-order valence-electron chi connectivity index (χ1n) is 4.78. The highest BCUT2D eigenvalue weighted by Gasteiger charge is 2.70. The van der Waals surface area contributed by atoms with E-state index in [1.165, 1.54) is 13.8 Å². The van der Waals surface area contributed by atoms with Gasteiger partial charge in [0, 0.05) is 11.8 Å². The maximum Gasteiger partial charge on any atom is 0.262 e. The van der Waals surface area contributed by atoms with Crippen molar-refractivity contribution in [3.8, 4) is 18.2 Å². The van der Waals surface area contributed by atoms with Crippen LogP contribution in [-0.2, 0) is 0 Å². The molecule has 17 heavy (non-hydrogen) atoms. The van der Waals surface area contributed by atoms with E-state index < -0.39 is 33.4 Å². The molecular weight excluding hydrogens is 222 g/mol. The Labute approximate surface area is 97.5 Å². The highest BCUT2D eigenvalue weighted by atomic mass is 16.6. The third-order valence-corrected chi connectivity index (χ3v) is 3.69. The van der Waals surface area contributed by atoms with Gasteiger partial charge in [-0.3, -0.25) is 10.1 Å². The lowest BCUT2D eigenvalue weighted by Crippen LogP contribution is -2.45. The van der Waals surface area contributed by atoms with Crippen molar-refractivity contribution in [2.75, 3.05) is 0 Å². The summed E-state index contributed by atoms with van der Waals surface area (Å²) >= 11 is 0. The number of nitrogens with one attached hydrogen (secondary N) is 1. The fourth-order valence-electron chi connectivity index (χ4n) is 2.22. The SMILES string of the molecule is C[C@H]1C(C#N)(C#N)C(C#N)C(=N)[C@@]1(C)[N+](=O)[O-]. The molecule has 0 aromatic rings. The average Bonchev–Trinajstić information content (AvgIpc) is 2.48. The Balaban J connectivity index is 3.59. The Morgan fingerprint density at radius 2 is 1.88 bits per heavy atom. The largest absolute Gasteiger partial charge is 0.301 e. The van der Waals surface area contributed by atoms with Crippen molar-refractivity contribution in [1.29, 1.82) is 21.2 Å². The lowest BCUT2D eigenvalue weighted by molar-refractivity contribution is -0.551. The van der Waals surface area contributed by atoms with Gasteiger partial charge >= 0.3 is 0 Å². The van der Waals surface area contributed by atoms with Crippen molar-refractivity contribution in [3.63, 3.8) is 0 Å². The maximum absolute atomic E-state index is 11.1. The monoisotopic (exact) mass is 231 g/mol. The van der Waals surface area contributed by atoms with Gasteiger partial charge in [0.1, 0.15) is 11.6 Å². The van der Waals surface area contributed by atoms with E-state index in [1.54, 1.807) is 18.2 Å². The molecule has 0 amide bonds. The Bertz CT molecular complexity index is 506. The van der Waals surface area contributed by atoms with E-state index >= 15 is 0 Å². The van der Waals surface area contributed by atoms with E-state index in [0.717, 1.165) is 0 Å². The molecule has 86 valence electrons. The summed E-state index contributed by atoms with van der Waals surface area (Å²) in [5.74, 6) is -2.37. The molecule has 7 nitrogen and oxygen atoms in total. The van der Waals surface area contributed by atoms with Crippen molar-refractivity contribution in [2.24, 2.45) is 17.3 Å². The predicted octanol–water partition coefficient (Wildman–Crippen LogP) is 0.865. The van der Waals surface area contributed by atoms with Crippen molar-refractivity contribution in [2.45, 2.75) is 19.4 Å². The summed E-state index contributed by atoms with van der Waals surface area (Å²) in [6, 6.07) is 5.05. The van der Waals surface area contributed by atoms with Gasteiger partial charge in [0.05, 0.1) is 24.1 Å². The second-order valence-electron chi connectivity index (χ2n) is 4.19. The zero-order valence-corrected chi connectivity index (χ0v) is 9.26. The average molecular weight is 231 g/mol. The summed E-state index contributed by atoms with van der Waals surface area (Å²) in [6.45, 7) is 2.54. The number of rotatable bonds is 1. The van der Waals surface area contributed by atoms with Gasteiger partial charge in [-0.25, -0.2) is 0 Å². The fraction of sp³-hybridized carbons (Fsp3) is 0.600. The summed E-state index contributed by atoms with van der Waals surface area (Å²) in [5, 5.41) is 45.9. The van der Waals surface area contributed by atoms with E-state index in [1.807, 2.05) is 0 Å². The van der Waals surface area contributed by atoms with Gasteiger partial charge in [0.15, 0.2) is 5.41 Å². The van der Waals surface area contributed by atoms with E-state index in [0.29, 0.717) is 0 Å². The van der Waals surface area contributed by atoms with Gasteiger partial charge in [-0.05, 0) is 0 Å². The van der Waals surface area contributed by atoms with Crippen LogP contribution in [0.2, 0.25) is 0 Å². The molecular formula is C10H9N5O2. The first-order valence-corrected chi connectivity index (χ1v) is 4.78. The molecule has 0 heterocycles. The molecule has 0 aromatic carbocycles. The summed E-state index contributed by atoms with van der Waals surface area (Å²) in [7, 11) is 0. The standard InChI is InChI=1S/C10H9N5O2/c1-6-9(2,15(16)17)8(14)7(3-11)10(6,4-12)5-13/h6-7,14H,1-2H3/t6-,7?,9+/m1/s1. The minimum absolute atomic E-state index is 0.472. The highest BCUT2D eigenvalue weighted by molar-refractivity contribution is 5.98. The maximum atomic E-state index is 11.1. The quantitative estimate of drug-likeness (QED) is 0.526. The normalized spacial score (nSPS) is 34.4. The fourth-order valence-corrected chi connectivity index (χ4v) is 2.22. The zero-order chi connectivity index (χ0) is 13.4. The molecule has 1 aliphatic carbocycles. The van der Waals surface area contributed by atoms with Crippen LogP contribution < -0.4 is 0 Å². The van der Waals surface area contributed by atoms with Crippen LogP contribution in [0, 0.1) is 66.8 Å². The predicted molar refractivity (Wildman–Crippen MR) is 55.1 cm³/mol. The minimum Gasteiger partial charge on any atom is -0.301 e. The number of nitriles is 3. The van der Waals surface area contributed by atoms with Crippen molar-refractivity contribution in [3.05, 3.63) is 10.1 Å². The third kappa shape index (κ3) is 1.15. The van der Waals surface area contributed by atoms with Gasteiger partial charge in [0.2, 0.25) is 0 Å². The van der Waals surface area contributed by atoms with Gasteiger partial charge < -0.3 is 5.41 Å². The van der Waals surface area contributed by atoms with Crippen LogP contribution in [0.5, 0.6) is 0 Å². The van der Waals surface area contributed by atoms with Crippen LogP contribution in [0.3, 0.4) is 0 Å². The van der Waals surface area contributed by atoms with Crippen molar-refractivity contribution in [1.82, 2.24) is 0 Å². The van der Waals surface area contributed by atoms with Gasteiger partial charge in [0.25, 0.3) is 5.54 Å². The lowest BCUT2D eigenvalue weighted by atomic mass is 9.73. The summed E-state index contributed by atoms with van der Waals surface area (Å²) in [6.07, 6.45) is 0. The molecule has 1 saturated carbocycles. The molecule has 0 aliphatic heterocycles. The Morgan fingerprint density at radius 3 is 2.12 bits per heavy atom. The van der Waals surface area contributed by atoms with Gasteiger partial charge in [-0.15, -0.1) is 0 Å². The molecule has 0 radical (unpaired) electrons. The minimum atomic E-state index is -1.84. The van der Waals surface area contributed by atoms with E-state index in [4.69, 9.17) is 21.2 Å². The molecule has 0 aromatic heterocycles. The number of hydrogen-bond acceptors (Lipinski definition) is 6. The second-order valence-corrected chi connectivity index (χ2v) is 4.19. The van der Waals surface area contributed by atoms with E-state index in [9.17, 15) is 10.1 Å². The molecule has 1 N–H and O–H groups in total. The van der Waals surface area contributed by atoms with Gasteiger partial charge in [-0.2, -0.15) is 15.8 Å². The molecule has 3 atom stereocenters. The Hall–Kier alpha value is -2.46. The van der Waals surface area contributed by atoms with E-state index in [2.05, 4.69) is 0 Å². The topological polar surface area (TPSA) is 138 Å². The Morgan fingerprint density at radius 1 is 1.41 bits per heavy atom. The number of nitro groups is 1. The van der Waals surface area contributed by atoms with E-state index in [-0.39, 0.29) is 0 Å². The highest BCUT2D eigenvalue weighted by Crippen LogP contribution is 2.51. The molecule has 1 aliphatic rings.